The molecule has 0 aliphatic carbocycles. The Labute approximate surface area is 104 Å². The van der Waals surface area contributed by atoms with Crippen LogP contribution in [0.2, 0.25) is 0 Å². The SMILES string of the molecule is CC/C=C\CCCC(=O)C(CCC)C(=O)OC. The van der Waals surface area contributed by atoms with Crippen LogP contribution in [0, 0.1) is 5.92 Å². The molecule has 0 aromatic rings. The van der Waals surface area contributed by atoms with Gasteiger partial charge in [-0.25, -0.2) is 0 Å². The Morgan fingerprint density at radius 1 is 1.24 bits per heavy atom. The maximum absolute atomic E-state index is 11.8. The van der Waals surface area contributed by atoms with E-state index in [2.05, 4.69) is 23.8 Å². The molecule has 0 amide bonds. The average molecular weight is 240 g/mol. The number of allylic oxidation sites excluding steroid dienone is 2. The number of unbranched alkanes of at least 4 members (excludes halogenated alkanes) is 1. The molecular weight excluding hydrogens is 216 g/mol. The molecule has 0 bridgehead atoms. The standard InChI is InChI=1S/C14H24O3/c1-4-6-7-8-9-11-13(15)12(10-5-2)14(16)17-3/h6-7,12H,4-5,8-11H2,1-3H3/b7-6-. The summed E-state index contributed by atoms with van der Waals surface area (Å²) in [5, 5.41) is 0. The summed E-state index contributed by atoms with van der Waals surface area (Å²) >= 11 is 0. The van der Waals surface area contributed by atoms with Crippen LogP contribution in [0.15, 0.2) is 12.2 Å². The number of carbonyl (C=O) groups excluding carboxylic acids is 2. The normalized spacial score (nSPS) is 12.6. The van der Waals surface area contributed by atoms with E-state index < -0.39 is 5.92 Å². The van der Waals surface area contributed by atoms with E-state index in [9.17, 15) is 9.59 Å². The molecule has 0 aromatic heterocycles. The topological polar surface area (TPSA) is 43.4 Å². The monoisotopic (exact) mass is 240 g/mol. The van der Waals surface area contributed by atoms with E-state index in [1.165, 1.54) is 7.11 Å². The van der Waals surface area contributed by atoms with Crippen LogP contribution in [0.1, 0.15) is 52.4 Å². The van der Waals surface area contributed by atoms with Crippen LogP contribution in [-0.2, 0) is 14.3 Å². The van der Waals surface area contributed by atoms with Crippen LogP contribution in [0.5, 0.6) is 0 Å². The second kappa shape index (κ2) is 10.1. The minimum absolute atomic E-state index is 0.0172. The van der Waals surface area contributed by atoms with Crippen LogP contribution in [0.4, 0.5) is 0 Å². The third kappa shape index (κ3) is 6.93. The van der Waals surface area contributed by atoms with Crippen LogP contribution >= 0.6 is 0 Å². The summed E-state index contributed by atoms with van der Waals surface area (Å²) in [6, 6.07) is 0. The zero-order valence-corrected chi connectivity index (χ0v) is 11.2. The van der Waals surface area contributed by atoms with Gasteiger partial charge in [0, 0.05) is 6.42 Å². The summed E-state index contributed by atoms with van der Waals surface area (Å²) in [4.78, 5) is 23.3. The van der Waals surface area contributed by atoms with Gasteiger partial charge in [-0.05, 0) is 25.7 Å². The number of carbonyl (C=O) groups is 2. The van der Waals surface area contributed by atoms with Crippen LogP contribution < -0.4 is 0 Å². The van der Waals surface area contributed by atoms with Gasteiger partial charge >= 0.3 is 5.97 Å². The largest absolute Gasteiger partial charge is 0.468 e. The van der Waals surface area contributed by atoms with Crippen molar-refractivity contribution in [1.29, 1.82) is 0 Å². The lowest BCUT2D eigenvalue weighted by atomic mass is 9.95. The molecule has 0 saturated carbocycles. The fraction of sp³-hybridized carbons (Fsp3) is 0.714. The molecule has 3 heteroatoms. The molecule has 0 heterocycles. The Morgan fingerprint density at radius 2 is 1.94 bits per heavy atom. The highest BCUT2D eigenvalue weighted by molar-refractivity contribution is 5.98. The lowest BCUT2D eigenvalue weighted by Crippen LogP contribution is -2.25. The third-order valence-corrected chi connectivity index (χ3v) is 2.65. The molecule has 0 fully saturated rings. The zero-order chi connectivity index (χ0) is 13.1. The van der Waals surface area contributed by atoms with Gasteiger partial charge in [0.25, 0.3) is 0 Å². The molecule has 1 atom stereocenters. The summed E-state index contributed by atoms with van der Waals surface area (Å²) in [5.74, 6) is -0.926. The number of hydrogen-bond donors (Lipinski definition) is 0. The summed E-state index contributed by atoms with van der Waals surface area (Å²) in [6.45, 7) is 4.05. The van der Waals surface area contributed by atoms with E-state index in [1.54, 1.807) is 0 Å². The molecule has 0 aliphatic heterocycles. The molecular formula is C14H24O3. The van der Waals surface area contributed by atoms with Gasteiger partial charge in [-0.15, -0.1) is 0 Å². The first-order valence-electron chi connectivity index (χ1n) is 6.42. The van der Waals surface area contributed by atoms with E-state index in [1.807, 2.05) is 6.92 Å². The molecule has 0 aromatic carbocycles. The van der Waals surface area contributed by atoms with Gasteiger partial charge in [0.1, 0.15) is 11.7 Å². The zero-order valence-electron chi connectivity index (χ0n) is 11.2. The number of esters is 1. The fourth-order valence-electron chi connectivity index (χ4n) is 1.69. The number of rotatable bonds is 9. The molecule has 3 nitrogen and oxygen atoms in total. The van der Waals surface area contributed by atoms with Gasteiger partial charge in [0.05, 0.1) is 7.11 Å². The lowest BCUT2D eigenvalue weighted by Gasteiger charge is -2.11. The quantitative estimate of drug-likeness (QED) is 0.269. The highest BCUT2D eigenvalue weighted by atomic mass is 16.5. The summed E-state index contributed by atoms with van der Waals surface area (Å²) in [6.07, 6.45) is 8.79. The first kappa shape index (κ1) is 15.9. The van der Waals surface area contributed by atoms with Crippen molar-refractivity contribution in [1.82, 2.24) is 0 Å². The Kier molecular flexibility index (Phi) is 9.40. The molecule has 0 spiro atoms. The van der Waals surface area contributed by atoms with Crippen molar-refractivity contribution >= 4 is 11.8 Å². The number of ether oxygens (including phenoxy) is 1. The van der Waals surface area contributed by atoms with Gasteiger partial charge in [-0.2, -0.15) is 0 Å². The predicted octanol–water partition coefficient (Wildman–Crippen LogP) is 3.28. The molecule has 0 rings (SSSR count). The first-order valence-corrected chi connectivity index (χ1v) is 6.42. The summed E-state index contributed by atoms with van der Waals surface area (Å²) < 4.78 is 4.66. The molecule has 17 heavy (non-hydrogen) atoms. The average Bonchev–Trinajstić information content (AvgIpc) is 2.34. The van der Waals surface area contributed by atoms with Gasteiger partial charge in [-0.1, -0.05) is 32.4 Å². The molecule has 98 valence electrons. The Morgan fingerprint density at radius 3 is 2.47 bits per heavy atom. The van der Waals surface area contributed by atoms with Crippen molar-refractivity contribution in [2.45, 2.75) is 52.4 Å². The maximum atomic E-state index is 11.8. The van der Waals surface area contributed by atoms with E-state index in [0.29, 0.717) is 12.8 Å². The van der Waals surface area contributed by atoms with Gasteiger partial charge in [0.2, 0.25) is 0 Å². The predicted molar refractivity (Wildman–Crippen MR) is 68.7 cm³/mol. The van der Waals surface area contributed by atoms with Crippen molar-refractivity contribution in [3.8, 4) is 0 Å². The minimum atomic E-state index is -0.555. The Hall–Kier alpha value is -1.12. The van der Waals surface area contributed by atoms with Crippen LogP contribution in [0.3, 0.4) is 0 Å². The molecule has 0 N–H and O–H groups in total. The van der Waals surface area contributed by atoms with E-state index in [-0.39, 0.29) is 11.8 Å². The summed E-state index contributed by atoms with van der Waals surface area (Å²) in [7, 11) is 1.34. The highest BCUT2D eigenvalue weighted by Crippen LogP contribution is 2.14. The summed E-state index contributed by atoms with van der Waals surface area (Å²) in [5.41, 5.74) is 0. The van der Waals surface area contributed by atoms with Crippen LogP contribution in [-0.4, -0.2) is 18.9 Å². The van der Waals surface area contributed by atoms with E-state index >= 15 is 0 Å². The number of hydrogen-bond acceptors (Lipinski definition) is 3. The molecule has 0 saturated heterocycles. The maximum Gasteiger partial charge on any atom is 0.316 e. The van der Waals surface area contributed by atoms with Gasteiger partial charge in [0.15, 0.2) is 0 Å². The lowest BCUT2D eigenvalue weighted by molar-refractivity contribution is -0.149. The number of methoxy groups -OCH3 is 1. The van der Waals surface area contributed by atoms with Gasteiger partial charge < -0.3 is 4.74 Å². The van der Waals surface area contributed by atoms with Crippen LogP contribution in [0.25, 0.3) is 0 Å². The number of Topliss-reactive ketones (excluding diaryl/α,β-unsaturated/α-hetero) is 1. The highest BCUT2D eigenvalue weighted by Gasteiger charge is 2.25. The Balaban J connectivity index is 4.06. The molecule has 0 radical (unpaired) electrons. The fourth-order valence-corrected chi connectivity index (χ4v) is 1.69. The smallest absolute Gasteiger partial charge is 0.316 e. The van der Waals surface area contributed by atoms with Crippen molar-refractivity contribution in [3.05, 3.63) is 12.2 Å². The van der Waals surface area contributed by atoms with Gasteiger partial charge in [-0.3, -0.25) is 9.59 Å². The van der Waals surface area contributed by atoms with Crippen molar-refractivity contribution in [2.24, 2.45) is 5.92 Å². The van der Waals surface area contributed by atoms with Crippen molar-refractivity contribution < 1.29 is 14.3 Å². The third-order valence-electron chi connectivity index (χ3n) is 2.65. The Bertz CT molecular complexity index is 256. The number of ketones is 1. The molecule has 1 unspecified atom stereocenters. The van der Waals surface area contributed by atoms with Crippen molar-refractivity contribution in [3.63, 3.8) is 0 Å². The first-order chi connectivity index (χ1) is 8.17. The van der Waals surface area contributed by atoms with E-state index in [0.717, 1.165) is 25.7 Å². The minimum Gasteiger partial charge on any atom is -0.468 e. The van der Waals surface area contributed by atoms with Crippen molar-refractivity contribution in [2.75, 3.05) is 7.11 Å². The van der Waals surface area contributed by atoms with E-state index in [4.69, 9.17) is 0 Å². The second-order valence-electron chi connectivity index (χ2n) is 4.10. The molecule has 0 aliphatic rings. The second-order valence-corrected chi connectivity index (χ2v) is 4.10.